The van der Waals surface area contributed by atoms with Crippen molar-refractivity contribution in [3.63, 3.8) is 0 Å². The lowest BCUT2D eigenvalue weighted by atomic mass is 9.88. The molecule has 0 spiro atoms. The summed E-state index contributed by atoms with van der Waals surface area (Å²) in [6, 6.07) is 5.31. The number of hydrogen-bond acceptors (Lipinski definition) is 5. The number of nitrogens with two attached hydrogens (primary N) is 1. The molecule has 0 saturated carbocycles. The number of nitrogens with zero attached hydrogens (tertiary/aromatic N) is 2. The Kier molecular flexibility index (Phi) is 7.93. The van der Waals surface area contributed by atoms with Gasteiger partial charge in [-0.1, -0.05) is 39.7 Å². The highest BCUT2D eigenvalue weighted by Crippen LogP contribution is 2.35. The van der Waals surface area contributed by atoms with E-state index in [4.69, 9.17) is 5.73 Å². The van der Waals surface area contributed by atoms with Crippen molar-refractivity contribution in [2.45, 2.75) is 78.3 Å². The monoisotopic (exact) mass is 442 g/mol. The highest BCUT2D eigenvalue weighted by Gasteiger charge is 2.40. The van der Waals surface area contributed by atoms with E-state index in [1.807, 2.05) is 12.1 Å². The summed E-state index contributed by atoms with van der Waals surface area (Å²) in [7, 11) is 0. The lowest BCUT2D eigenvalue weighted by molar-refractivity contribution is -0.136. The number of anilines is 1. The molecule has 1 saturated heterocycles. The van der Waals surface area contributed by atoms with E-state index in [0.717, 1.165) is 50.0 Å². The minimum Gasteiger partial charge on any atom is -0.371 e. The van der Waals surface area contributed by atoms with Gasteiger partial charge in [0.2, 0.25) is 11.8 Å². The fourth-order valence-electron chi connectivity index (χ4n) is 4.62. The van der Waals surface area contributed by atoms with Crippen molar-refractivity contribution in [3.8, 4) is 0 Å². The van der Waals surface area contributed by atoms with Gasteiger partial charge in [-0.2, -0.15) is 0 Å². The van der Waals surface area contributed by atoms with Crippen molar-refractivity contribution in [3.05, 3.63) is 29.3 Å². The molecule has 176 valence electrons. The minimum atomic E-state index is -0.584. The Hall–Kier alpha value is -2.41. The number of nitrogens with one attached hydrogen (secondary N) is 1. The smallest absolute Gasteiger partial charge is 0.255 e. The molecule has 0 aromatic heterocycles. The van der Waals surface area contributed by atoms with Crippen LogP contribution in [0, 0.1) is 5.41 Å². The fraction of sp³-hybridized carbons (Fsp3) is 0.640. The molecule has 3 rings (SSSR count). The van der Waals surface area contributed by atoms with Gasteiger partial charge < -0.3 is 15.5 Å². The third-order valence-corrected chi connectivity index (χ3v) is 6.76. The molecule has 7 nitrogen and oxygen atoms in total. The van der Waals surface area contributed by atoms with Crippen molar-refractivity contribution in [1.82, 2.24) is 10.2 Å². The van der Waals surface area contributed by atoms with Crippen LogP contribution in [0.2, 0.25) is 0 Å². The van der Waals surface area contributed by atoms with E-state index < -0.39 is 6.04 Å². The first kappa shape index (κ1) is 24.2. The van der Waals surface area contributed by atoms with Crippen LogP contribution in [0.25, 0.3) is 0 Å². The summed E-state index contributed by atoms with van der Waals surface area (Å²) in [5, 5.41) is 2.38. The quantitative estimate of drug-likeness (QED) is 0.405. The number of amides is 3. The third kappa shape index (κ3) is 5.49. The van der Waals surface area contributed by atoms with Gasteiger partial charge in [-0.25, -0.2) is 0 Å². The van der Waals surface area contributed by atoms with E-state index in [0.29, 0.717) is 25.1 Å². The van der Waals surface area contributed by atoms with Crippen molar-refractivity contribution in [1.29, 1.82) is 0 Å². The standard InChI is InChI=1S/C25H38N4O3/c1-4-5-6-14-28(15-8-13-25(2,3)17-26)20-10-7-9-18-19(20)16-29(24(18)32)21-11-12-22(30)27-23(21)31/h7,9-10,21H,4-6,8,11-17,26H2,1-3H3,(H,27,30,31). The Bertz CT molecular complexity index is 852. The first-order chi connectivity index (χ1) is 15.3. The number of carbonyl (C=O) groups is 3. The Labute approximate surface area is 191 Å². The predicted octanol–water partition coefficient (Wildman–Crippen LogP) is 3.21. The first-order valence-corrected chi connectivity index (χ1v) is 12.0. The first-order valence-electron chi connectivity index (χ1n) is 12.0. The Morgan fingerprint density at radius 1 is 1.16 bits per heavy atom. The summed E-state index contributed by atoms with van der Waals surface area (Å²) in [5.74, 6) is -0.750. The molecule has 0 bridgehead atoms. The van der Waals surface area contributed by atoms with Crippen LogP contribution < -0.4 is 16.0 Å². The van der Waals surface area contributed by atoms with Crippen LogP contribution in [0.5, 0.6) is 0 Å². The van der Waals surface area contributed by atoms with Gasteiger partial charge in [-0.15, -0.1) is 0 Å². The zero-order chi connectivity index (χ0) is 23.3. The number of benzene rings is 1. The number of carbonyl (C=O) groups excluding carboxylic acids is 3. The van der Waals surface area contributed by atoms with Crippen LogP contribution in [-0.4, -0.2) is 48.3 Å². The van der Waals surface area contributed by atoms with Gasteiger partial charge in [0.05, 0.1) is 0 Å². The molecule has 1 aromatic rings. The van der Waals surface area contributed by atoms with Crippen LogP contribution in [0.3, 0.4) is 0 Å². The van der Waals surface area contributed by atoms with Gasteiger partial charge in [-0.3, -0.25) is 19.7 Å². The van der Waals surface area contributed by atoms with Crippen molar-refractivity contribution >= 4 is 23.4 Å². The third-order valence-electron chi connectivity index (χ3n) is 6.76. The van der Waals surface area contributed by atoms with Crippen LogP contribution in [0.4, 0.5) is 5.69 Å². The second-order valence-corrected chi connectivity index (χ2v) is 9.87. The van der Waals surface area contributed by atoms with Crippen LogP contribution in [0.1, 0.15) is 81.6 Å². The molecule has 1 aromatic carbocycles. The maximum atomic E-state index is 13.2. The van der Waals surface area contributed by atoms with Gasteiger partial charge in [0.1, 0.15) is 6.04 Å². The average molecular weight is 443 g/mol. The van der Waals surface area contributed by atoms with Crippen LogP contribution in [-0.2, 0) is 16.1 Å². The maximum Gasteiger partial charge on any atom is 0.255 e. The fourth-order valence-corrected chi connectivity index (χ4v) is 4.62. The molecule has 1 atom stereocenters. The summed E-state index contributed by atoms with van der Waals surface area (Å²) >= 11 is 0. The van der Waals surface area contributed by atoms with Gasteiger partial charge >= 0.3 is 0 Å². The largest absolute Gasteiger partial charge is 0.371 e. The van der Waals surface area contributed by atoms with Crippen molar-refractivity contribution < 1.29 is 14.4 Å². The molecule has 1 unspecified atom stereocenters. The van der Waals surface area contributed by atoms with E-state index >= 15 is 0 Å². The molecule has 2 heterocycles. The summed E-state index contributed by atoms with van der Waals surface area (Å²) in [4.78, 5) is 41.2. The summed E-state index contributed by atoms with van der Waals surface area (Å²) < 4.78 is 0. The molecule has 32 heavy (non-hydrogen) atoms. The van der Waals surface area contributed by atoms with Crippen molar-refractivity contribution in [2.24, 2.45) is 11.1 Å². The number of imide groups is 1. The zero-order valence-electron chi connectivity index (χ0n) is 19.8. The SMILES string of the molecule is CCCCCN(CCCC(C)(C)CN)c1cccc2c1CN(C1CCC(=O)NC1=O)C2=O. The zero-order valence-corrected chi connectivity index (χ0v) is 19.8. The highest BCUT2D eigenvalue weighted by atomic mass is 16.2. The second-order valence-electron chi connectivity index (χ2n) is 9.87. The van der Waals surface area contributed by atoms with E-state index in [1.165, 1.54) is 6.42 Å². The summed E-state index contributed by atoms with van der Waals surface area (Å²) in [5.41, 5.74) is 8.80. The molecule has 0 radical (unpaired) electrons. The molecule has 3 amide bonds. The van der Waals surface area contributed by atoms with Crippen LogP contribution >= 0.6 is 0 Å². The Morgan fingerprint density at radius 2 is 1.91 bits per heavy atom. The average Bonchev–Trinajstić information content (AvgIpc) is 3.09. The molecule has 7 heteroatoms. The molecule has 1 fully saturated rings. The van der Waals surface area contributed by atoms with E-state index in [2.05, 4.69) is 37.1 Å². The summed E-state index contributed by atoms with van der Waals surface area (Å²) in [6.45, 7) is 9.53. The van der Waals surface area contributed by atoms with Crippen molar-refractivity contribution in [2.75, 3.05) is 24.5 Å². The van der Waals surface area contributed by atoms with Gasteiger partial charge in [0.25, 0.3) is 5.91 Å². The number of fused-ring (bicyclic) bond motifs is 1. The minimum absolute atomic E-state index is 0.117. The molecule has 2 aliphatic rings. The Morgan fingerprint density at radius 3 is 2.59 bits per heavy atom. The number of hydrogen-bond donors (Lipinski definition) is 2. The van der Waals surface area contributed by atoms with E-state index in [1.54, 1.807) is 4.90 Å². The van der Waals surface area contributed by atoms with E-state index in [9.17, 15) is 14.4 Å². The predicted molar refractivity (Wildman–Crippen MR) is 126 cm³/mol. The van der Waals surface area contributed by atoms with Gasteiger partial charge in [-0.05, 0) is 49.8 Å². The molecule has 0 aliphatic carbocycles. The Balaban J connectivity index is 1.80. The van der Waals surface area contributed by atoms with Gasteiger partial charge in [0, 0.05) is 42.9 Å². The summed E-state index contributed by atoms with van der Waals surface area (Å²) in [6.07, 6.45) is 6.15. The number of unbranched alkanes of at least 4 members (excludes halogenated alkanes) is 2. The van der Waals surface area contributed by atoms with Crippen LogP contribution in [0.15, 0.2) is 18.2 Å². The lowest BCUT2D eigenvalue weighted by Crippen LogP contribution is -2.52. The number of rotatable bonds is 11. The lowest BCUT2D eigenvalue weighted by Gasteiger charge is -2.31. The molecule has 3 N–H and O–H groups in total. The highest BCUT2D eigenvalue weighted by molar-refractivity contribution is 6.06. The van der Waals surface area contributed by atoms with E-state index in [-0.39, 0.29) is 29.6 Å². The molecular weight excluding hydrogens is 404 g/mol. The number of piperidine rings is 1. The normalized spacial score (nSPS) is 18.7. The molecule has 2 aliphatic heterocycles. The van der Waals surface area contributed by atoms with Gasteiger partial charge in [0.15, 0.2) is 0 Å². The second kappa shape index (κ2) is 10.5. The molecular formula is C25H38N4O3. The topological polar surface area (TPSA) is 95.7 Å². The maximum absolute atomic E-state index is 13.2.